The Labute approximate surface area is 149 Å². The summed E-state index contributed by atoms with van der Waals surface area (Å²) in [7, 11) is 3.69. The molecule has 0 amide bonds. The fraction of sp³-hybridized carbons (Fsp3) is 0.222. The fourth-order valence-corrected chi connectivity index (χ4v) is 2.83. The third-order valence-electron chi connectivity index (χ3n) is 3.54. The summed E-state index contributed by atoms with van der Waals surface area (Å²) in [6.07, 6.45) is 0. The second-order valence-electron chi connectivity index (χ2n) is 5.55. The minimum absolute atomic E-state index is 0.582. The predicted molar refractivity (Wildman–Crippen MR) is 95.6 cm³/mol. The molecule has 0 spiro atoms. The quantitative estimate of drug-likeness (QED) is 0.635. The highest BCUT2D eigenvalue weighted by molar-refractivity contribution is 9.10. The van der Waals surface area contributed by atoms with Crippen LogP contribution in [0.1, 0.15) is 11.5 Å². The normalized spacial score (nSPS) is 11.0. The average molecular weight is 388 g/mol. The molecule has 2 aromatic carbocycles. The van der Waals surface area contributed by atoms with E-state index in [0.717, 1.165) is 22.3 Å². The SMILES string of the molecule is COc1cccc(CN(C)Cc2nc(-c3cccc(Br)c3)no2)c1. The molecule has 0 atom stereocenters. The molecule has 0 unspecified atom stereocenters. The van der Waals surface area contributed by atoms with E-state index in [4.69, 9.17) is 9.26 Å². The van der Waals surface area contributed by atoms with Crippen LogP contribution in [0.3, 0.4) is 0 Å². The predicted octanol–water partition coefficient (Wildman–Crippen LogP) is 4.14. The van der Waals surface area contributed by atoms with Crippen molar-refractivity contribution in [1.29, 1.82) is 0 Å². The lowest BCUT2D eigenvalue weighted by Gasteiger charge is -2.14. The number of aromatic nitrogens is 2. The number of benzene rings is 2. The summed E-state index contributed by atoms with van der Waals surface area (Å²) >= 11 is 3.45. The zero-order chi connectivity index (χ0) is 16.9. The van der Waals surface area contributed by atoms with Gasteiger partial charge in [0, 0.05) is 16.6 Å². The molecular weight excluding hydrogens is 370 g/mol. The number of nitrogens with zero attached hydrogens (tertiary/aromatic N) is 3. The van der Waals surface area contributed by atoms with Crippen molar-refractivity contribution < 1.29 is 9.26 Å². The first-order valence-electron chi connectivity index (χ1n) is 7.54. The Morgan fingerprint density at radius 2 is 1.96 bits per heavy atom. The van der Waals surface area contributed by atoms with Crippen molar-refractivity contribution in [1.82, 2.24) is 15.0 Å². The summed E-state index contributed by atoms with van der Waals surface area (Å²) in [4.78, 5) is 6.59. The van der Waals surface area contributed by atoms with Gasteiger partial charge in [-0.15, -0.1) is 0 Å². The molecule has 0 saturated carbocycles. The van der Waals surface area contributed by atoms with E-state index in [1.807, 2.05) is 49.5 Å². The molecule has 6 heteroatoms. The summed E-state index contributed by atoms with van der Waals surface area (Å²) in [5, 5.41) is 4.06. The van der Waals surface area contributed by atoms with E-state index in [2.05, 4.69) is 37.0 Å². The summed E-state index contributed by atoms with van der Waals surface area (Å²) in [6, 6.07) is 15.9. The highest BCUT2D eigenvalue weighted by Gasteiger charge is 2.11. The topological polar surface area (TPSA) is 51.4 Å². The van der Waals surface area contributed by atoms with Gasteiger partial charge in [-0.1, -0.05) is 45.4 Å². The molecule has 0 saturated heterocycles. The van der Waals surface area contributed by atoms with Crippen molar-refractivity contribution in [3.8, 4) is 17.1 Å². The van der Waals surface area contributed by atoms with Gasteiger partial charge in [0.1, 0.15) is 5.75 Å². The maximum Gasteiger partial charge on any atom is 0.241 e. The third kappa shape index (κ3) is 4.21. The van der Waals surface area contributed by atoms with Crippen LogP contribution in [0.15, 0.2) is 57.5 Å². The number of ether oxygens (including phenoxy) is 1. The molecule has 0 fully saturated rings. The number of methoxy groups -OCH3 is 1. The molecule has 0 aliphatic heterocycles. The van der Waals surface area contributed by atoms with Crippen molar-refractivity contribution in [3.05, 3.63) is 64.5 Å². The lowest BCUT2D eigenvalue weighted by Crippen LogP contribution is -2.17. The molecule has 24 heavy (non-hydrogen) atoms. The zero-order valence-electron chi connectivity index (χ0n) is 13.6. The first kappa shape index (κ1) is 16.7. The lowest BCUT2D eigenvalue weighted by molar-refractivity contribution is 0.260. The van der Waals surface area contributed by atoms with E-state index in [0.29, 0.717) is 18.3 Å². The molecule has 0 aliphatic carbocycles. The van der Waals surface area contributed by atoms with E-state index >= 15 is 0 Å². The Bertz CT molecular complexity index is 819. The summed E-state index contributed by atoms with van der Waals surface area (Å²) in [6.45, 7) is 1.35. The van der Waals surface area contributed by atoms with Crippen LogP contribution in [0.4, 0.5) is 0 Å². The molecule has 1 aromatic heterocycles. The van der Waals surface area contributed by atoms with Gasteiger partial charge in [-0.05, 0) is 36.9 Å². The van der Waals surface area contributed by atoms with Crippen LogP contribution < -0.4 is 4.74 Å². The Hall–Kier alpha value is -2.18. The number of halogens is 1. The van der Waals surface area contributed by atoms with Gasteiger partial charge in [-0.25, -0.2) is 0 Å². The van der Waals surface area contributed by atoms with Gasteiger partial charge in [-0.2, -0.15) is 4.98 Å². The van der Waals surface area contributed by atoms with Gasteiger partial charge in [-0.3, -0.25) is 4.90 Å². The standard InChI is InChI=1S/C18H18BrN3O2/c1-22(11-13-5-3-8-16(9-13)23-2)12-17-20-18(21-24-17)14-6-4-7-15(19)10-14/h3-10H,11-12H2,1-2H3. The molecule has 0 radical (unpaired) electrons. The molecule has 0 aliphatic rings. The van der Waals surface area contributed by atoms with E-state index < -0.39 is 0 Å². The molecule has 0 bridgehead atoms. The van der Waals surface area contributed by atoms with Gasteiger partial charge < -0.3 is 9.26 Å². The Morgan fingerprint density at radius 1 is 1.12 bits per heavy atom. The minimum atomic E-state index is 0.582. The van der Waals surface area contributed by atoms with Crippen LogP contribution in [0.25, 0.3) is 11.4 Å². The van der Waals surface area contributed by atoms with Crippen LogP contribution in [-0.2, 0) is 13.1 Å². The van der Waals surface area contributed by atoms with Crippen molar-refractivity contribution in [2.75, 3.05) is 14.2 Å². The number of hydrogen-bond donors (Lipinski definition) is 0. The van der Waals surface area contributed by atoms with Crippen molar-refractivity contribution in [2.45, 2.75) is 13.1 Å². The second kappa shape index (κ2) is 7.59. The monoisotopic (exact) mass is 387 g/mol. The van der Waals surface area contributed by atoms with Crippen molar-refractivity contribution in [3.63, 3.8) is 0 Å². The largest absolute Gasteiger partial charge is 0.497 e. The fourth-order valence-electron chi connectivity index (χ4n) is 2.43. The molecular formula is C18H18BrN3O2. The van der Waals surface area contributed by atoms with E-state index in [1.54, 1.807) is 7.11 Å². The zero-order valence-corrected chi connectivity index (χ0v) is 15.2. The smallest absolute Gasteiger partial charge is 0.241 e. The van der Waals surface area contributed by atoms with Gasteiger partial charge in [0.15, 0.2) is 0 Å². The Balaban J connectivity index is 1.65. The van der Waals surface area contributed by atoms with Crippen molar-refractivity contribution >= 4 is 15.9 Å². The lowest BCUT2D eigenvalue weighted by atomic mass is 10.2. The maximum atomic E-state index is 5.37. The summed E-state index contributed by atoms with van der Waals surface area (Å²) in [5.74, 6) is 2.05. The molecule has 3 rings (SSSR count). The first-order chi connectivity index (χ1) is 11.6. The van der Waals surface area contributed by atoms with Crippen molar-refractivity contribution in [2.24, 2.45) is 0 Å². The Morgan fingerprint density at radius 3 is 2.75 bits per heavy atom. The van der Waals surface area contributed by atoms with Gasteiger partial charge in [0.25, 0.3) is 0 Å². The molecule has 1 heterocycles. The van der Waals surface area contributed by atoms with E-state index in [1.165, 1.54) is 5.56 Å². The molecule has 3 aromatic rings. The third-order valence-corrected chi connectivity index (χ3v) is 4.04. The highest BCUT2D eigenvalue weighted by Crippen LogP contribution is 2.21. The minimum Gasteiger partial charge on any atom is -0.497 e. The molecule has 124 valence electrons. The first-order valence-corrected chi connectivity index (χ1v) is 8.33. The van der Waals surface area contributed by atoms with Gasteiger partial charge >= 0.3 is 0 Å². The second-order valence-corrected chi connectivity index (χ2v) is 6.46. The maximum absolute atomic E-state index is 5.37. The van der Waals surface area contributed by atoms with Crippen LogP contribution in [0.2, 0.25) is 0 Å². The average Bonchev–Trinajstić information content (AvgIpc) is 3.03. The van der Waals surface area contributed by atoms with Crippen LogP contribution in [0.5, 0.6) is 5.75 Å². The Kier molecular flexibility index (Phi) is 5.27. The van der Waals surface area contributed by atoms with Gasteiger partial charge in [0.2, 0.25) is 11.7 Å². The van der Waals surface area contributed by atoms with E-state index in [9.17, 15) is 0 Å². The molecule has 5 nitrogen and oxygen atoms in total. The van der Waals surface area contributed by atoms with Gasteiger partial charge in [0.05, 0.1) is 13.7 Å². The summed E-state index contributed by atoms with van der Waals surface area (Å²) in [5.41, 5.74) is 2.10. The number of rotatable bonds is 6. The highest BCUT2D eigenvalue weighted by atomic mass is 79.9. The number of hydrogen-bond acceptors (Lipinski definition) is 5. The summed E-state index contributed by atoms with van der Waals surface area (Å²) < 4.78 is 11.6. The van der Waals surface area contributed by atoms with Crippen LogP contribution in [-0.4, -0.2) is 29.2 Å². The molecule has 0 N–H and O–H groups in total. The van der Waals surface area contributed by atoms with Crippen LogP contribution in [0, 0.1) is 0 Å². The van der Waals surface area contributed by atoms with E-state index in [-0.39, 0.29) is 0 Å². The van der Waals surface area contributed by atoms with Crippen LogP contribution >= 0.6 is 15.9 Å².